The van der Waals surface area contributed by atoms with E-state index in [2.05, 4.69) is 5.32 Å². The number of benzene rings is 1. The van der Waals surface area contributed by atoms with Crippen LogP contribution in [0, 0.1) is 11.8 Å². The van der Waals surface area contributed by atoms with Crippen LogP contribution < -0.4 is 11.1 Å². The van der Waals surface area contributed by atoms with Crippen LogP contribution in [0.4, 0.5) is 0 Å². The molecule has 0 heterocycles. The lowest BCUT2D eigenvalue weighted by Gasteiger charge is -2.20. The van der Waals surface area contributed by atoms with Gasteiger partial charge in [-0.2, -0.15) is 0 Å². The molecule has 0 saturated heterocycles. The van der Waals surface area contributed by atoms with Crippen LogP contribution in [-0.4, -0.2) is 17.9 Å². The van der Waals surface area contributed by atoms with Crippen molar-refractivity contribution in [2.24, 2.45) is 17.6 Å². The summed E-state index contributed by atoms with van der Waals surface area (Å²) in [5.41, 5.74) is 6.44. The van der Waals surface area contributed by atoms with E-state index in [0.717, 1.165) is 5.56 Å². The zero-order chi connectivity index (χ0) is 15.1. The number of amides is 2. The van der Waals surface area contributed by atoms with Crippen LogP contribution in [0.15, 0.2) is 30.3 Å². The highest BCUT2D eigenvalue weighted by atomic mass is 16.2. The molecule has 4 nitrogen and oxygen atoms in total. The Bertz CT molecular complexity index is 443. The molecule has 0 aromatic heterocycles. The molecule has 0 saturated carbocycles. The van der Waals surface area contributed by atoms with E-state index in [9.17, 15) is 9.59 Å². The summed E-state index contributed by atoms with van der Waals surface area (Å²) in [6.07, 6.45) is 1.22. The Labute approximate surface area is 120 Å². The van der Waals surface area contributed by atoms with Crippen LogP contribution in [0.1, 0.15) is 32.8 Å². The Kier molecular flexibility index (Phi) is 6.22. The molecule has 4 heteroatoms. The van der Waals surface area contributed by atoms with Gasteiger partial charge in [-0.25, -0.2) is 0 Å². The van der Waals surface area contributed by atoms with E-state index in [0.29, 0.717) is 18.8 Å². The maximum absolute atomic E-state index is 12.1. The van der Waals surface area contributed by atoms with Gasteiger partial charge in [0.25, 0.3) is 0 Å². The Morgan fingerprint density at radius 2 is 1.75 bits per heavy atom. The van der Waals surface area contributed by atoms with Gasteiger partial charge in [-0.3, -0.25) is 9.59 Å². The van der Waals surface area contributed by atoms with Crippen molar-refractivity contribution in [3.63, 3.8) is 0 Å². The minimum atomic E-state index is -0.583. The molecule has 1 aromatic carbocycles. The van der Waals surface area contributed by atoms with E-state index in [4.69, 9.17) is 5.73 Å². The molecule has 0 radical (unpaired) electrons. The molecule has 0 fully saturated rings. The number of carbonyl (C=O) groups excluding carboxylic acids is 2. The van der Waals surface area contributed by atoms with Crippen molar-refractivity contribution in [2.45, 2.75) is 39.7 Å². The molecular weight excluding hydrogens is 252 g/mol. The highest BCUT2D eigenvalue weighted by Gasteiger charge is 2.22. The number of nitrogens with one attached hydrogen (secondary N) is 1. The average Bonchev–Trinajstić information content (AvgIpc) is 2.38. The van der Waals surface area contributed by atoms with Crippen LogP contribution in [-0.2, 0) is 16.0 Å². The fourth-order valence-electron chi connectivity index (χ4n) is 2.09. The van der Waals surface area contributed by atoms with E-state index in [1.807, 2.05) is 51.1 Å². The largest absolute Gasteiger partial charge is 0.368 e. The van der Waals surface area contributed by atoms with E-state index < -0.39 is 11.9 Å². The van der Waals surface area contributed by atoms with Crippen LogP contribution in [0.2, 0.25) is 0 Å². The third kappa shape index (κ3) is 5.43. The summed E-state index contributed by atoms with van der Waals surface area (Å²) in [5, 5.41) is 2.75. The summed E-state index contributed by atoms with van der Waals surface area (Å²) >= 11 is 0. The van der Waals surface area contributed by atoms with Crippen LogP contribution in [0.25, 0.3) is 0 Å². The highest BCUT2D eigenvalue weighted by Crippen LogP contribution is 2.10. The maximum atomic E-state index is 12.1. The number of primary amides is 1. The van der Waals surface area contributed by atoms with Crippen molar-refractivity contribution in [1.29, 1.82) is 0 Å². The summed E-state index contributed by atoms with van der Waals surface area (Å²) in [5.74, 6) is -0.485. The Morgan fingerprint density at radius 1 is 1.15 bits per heavy atom. The topological polar surface area (TPSA) is 72.2 Å². The molecule has 20 heavy (non-hydrogen) atoms. The number of rotatable bonds is 7. The molecule has 2 unspecified atom stereocenters. The maximum Gasteiger partial charge on any atom is 0.240 e. The second kappa shape index (κ2) is 7.68. The molecule has 0 aliphatic carbocycles. The van der Waals surface area contributed by atoms with Gasteiger partial charge < -0.3 is 11.1 Å². The third-order valence-electron chi connectivity index (χ3n) is 3.20. The fourth-order valence-corrected chi connectivity index (χ4v) is 2.09. The molecule has 110 valence electrons. The zero-order valence-electron chi connectivity index (χ0n) is 12.4. The van der Waals surface area contributed by atoms with E-state index >= 15 is 0 Å². The normalized spacial score (nSPS) is 13.8. The van der Waals surface area contributed by atoms with Gasteiger partial charge in [0, 0.05) is 5.92 Å². The van der Waals surface area contributed by atoms with Gasteiger partial charge in [0.05, 0.1) is 0 Å². The molecule has 1 rings (SSSR count). The van der Waals surface area contributed by atoms with Crippen molar-refractivity contribution in [1.82, 2.24) is 5.32 Å². The van der Waals surface area contributed by atoms with Crippen molar-refractivity contribution >= 4 is 11.8 Å². The monoisotopic (exact) mass is 276 g/mol. The first-order valence-corrected chi connectivity index (χ1v) is 7.03. The first kappa shape index (κ1) is 16.2. The smallest absolute Gasteiger partial charge is 0.240 e. The van der Waals surface area contributed by atoms with E-state index in [-0.39, 0.29) is 11.8 Å². The van der Waals surface area contributed by atoms with E-state index in [1.54, 1.807) is 0 Å². The Hall–Kier alpha value is -1.84. The SMILES string of the molecule is CC(C)CC(NC(=O)C(C)Cc1ccccc1)C(N)=O. The highest BCUT2D eigenvalue weighted by molar-refractivity contribution is 5.87. The standard InChI is InChI=1S/C16H24N2O2/c1-11(2)9-14(15(17)19)18-16(20)12(3)10-13-7-5-4-6-8-13/h4-8,11-12,14H,9-10H2,1-3H3,(H2,17,19)(H,18,20). The molecule has 1 aromatic rings. The number of nitrogens with two attached hydrogens (primary N) is 1. The minimum absolute atomic E-state index is 0.127. The zero-order valence-corrected chi connectivity index (χ0v) is 12.4. The van der Waals surface area contributed by atoms with Gasteiger partial charge in [-0.1, -0.05) is 51.1 Å². The lowest BCUT2D eigenvalue weighted by Crippen LogP contribution is -2.47. The number of hydrogen-bond donors (Lipinski definition) is 2. The lowest BCUT2D eigenvalue weighted by atomic mass is 9.98. The van der Waals surface area contributed by atoms with Crippen LogP contribution in [0.5, 0.6) is 0 Å². The average molecular weight is 276 g/mol. The van der Waals surface area contributed by atoms with Gasteiger partial charge in [0.2, 0.25) is 11.8 Å². The second-order valence-electron chi connectivity index (χ2n) is 5.68. The predicted octanol–water partition coefficient (Wildman–Crippen LogP) is 1.88. The molecule has 0 aliphatic heterocycles. The van der Waals surface area contributed by atoms with Gasteiger partial charge >= 0.3 is 0 Å². The van der Waals surface area contributed by atoms with Crippen LogP contribution in [0.3, 0.4) is 0 Å². The van der Waals surface area contributed by atoms with Gasteiger partial charge in [0.1, 0.15) is 6.04 Å². The fraction of sp³-hybridized carbons (Fsp3) is 0.500. The van der Waals surface area contributed by atoms with Crippen molar-refractivity contribution in [2.75, 3.05) is 0 Å². The minimum Gasteiger partial charge on any atom is -0.368 e. The second-order valence-corrected chi connectivity index (χ2v) is 5.68. The molecule has 0 aliphatic rings. The number of carbonyl (C=O) groups is 2. The molecule has 2 atom stereocenters. The van der Waals surface area contributed by atoms with Gasteiger partial charge in [-0.15, -0.1) is 0 Å². The number of hydrogen-bond acceptors (Lipinski definition) is 2. The molecular formula is C16H24N2O2. The molecule has 2 amide bonds. The van der Waals surface area contributed by atoms with Gasteiger partial charge in [0.15, 0.2) is 0 Å². The Morgan fingerprint density at radius 3 is 2.25 bits per heavy atom. The quantitative estimate of drug-likeness (QED) is 0.798. The molecule has 0 bridgehead atoms. The van der Waals surface area contributed by atoms with Crippen molar-refractivity contribution in [3.05, 3.63) is 35.9 Å². The van der Waals surface area contributed by atoms with Crippen molar-refractivity contribution < 1.29 is 9.59 Å². The van der Waals surface area contributed by atoms with E-state index in [1.165, 1.54) is 0 Å². The summed E-state index contributed by atoms with van der Waals surface area (Å²) in [6.45, 7) is 5.85. The first-order valence-electron chi connectivity index (χ1n) is 7.03. The summed E-state index contributed by atoms with van der Waals surface area (Å²) in [4.78, 5) is 23.5. The summed E-state index contributed by atoms with van der Waals surface area (Å²) < 4.78 is 0. The third-order valence-corrected chi connectivity index (χ3v) is 3.20. The molecule has 0 spiro atoms. The first-order chi connectivity index (χ1) is 9.40. The van der Waals surface area contributed by atoms with Crippen molar-refractivity contribution in [3.8, 4) is 0 Å². The summed E-state index contributed by atoms with van der Waals surface area (Å²) in [6, 6.07) is 9.24. The Balaban J connectivity index is 2.57. The summed E-state index contributed by atoms with van der Waals surface area (Å²) in [7, 11) is 0. The van der Waals surface area contributed by atoms with Gasteiger partial charge in [-0.05, 0) is 24.3 Å². The lowest BCUT2D eigenvalue weighted by molar-refractivity contribution is -0.129. The molecule has 3 N–H and O–H groups in total. The predicted molar refractivity (Wildman–Crippen MR) is 79.9 cm³/mol. The van der Waals surface area contributed by atoms with Crippen LogP contribution >= 0.6 is 0 Å².